The second kappa shape index (κ2) is 9.56. The number of nitrogens with one attached hydrogen (secondary N) is 2. The molecule has 0 aliphatic rings. The van der Waals surface area contributed by atoms with E-state index in [1.54, 1.807) is 0 Å². The number of likely N-dealkylation sites (N-methyl/N-ethyl adjacent to an activating group) is 1. The predicted octanol–water partition coefficient (Wildman–Crippen LogP) is 4.47. The van der Waals surface area contributed by atoms with Crippen LogP contribution in [0.4, 0.5) is 0 Å². The Bertz CT molecular complexity index is 896. The number of nitrogens with zero attached hydrogens (tertiary/aromatic N) is 1. The minimum absolute atomic E-state index is 0.122. The summed E-state index contributed by atoms with van der Waals surface area (Å²) in [4.78, 5) is 17.8. The molecule has 1 aromatic heterocycles. The summed E-state index contributed by atoms with van der Waals surface area (Å²) in [5.41, 5.74) is 5.01. The SMILES string of the molecule is CCc1ccc(C(CNC(=O)CCCc2c[nH]c3ccccc23)N(C)C)cc1. The second-order valence-electron chi connectivity index (χ2n) is 7.59. The first-order valence-electron chi connectivity index (χ1n) is 10.2. The van der Waals surface area contributed by atoms with E-state index in [0.717, 1.165) is 24.8 Å². The number of benzene rings is 2. The molecule has 1 amide bonds. The molecule has 3 rings (SSSR count). The van der Waals surface area contributed by atoms with Crippen LogP contribution in [0.5, 0.6) is 0 Å². The standard InChI is InChI=1S/C24H31N3O/c1-4-18-12-14-19(15-13-18)23(27(2)3)17-26-24(28)11-7-8-20-16-25-22-10-6-5-9-21(20)22/h5-6,9-10,12-16,23,25H,4,7-8,11,17H2,1-3H3,(H,26,28). The number of aryl methyl sites for hydroxylation is 2. The van der Waals surface area contributed by atoms with Gasteiger partial charge in [-0.25, -0.2) is 0 Å². The number of aromatic nitrogens is 1. The van der Waals surface area contributed by atoms with Crippen LogP contribution in [0.25, 0.3) is 10.9 Å². The molecule has 0 bridgehead atoms. The lowest BCUT2D eigenvalue weighted by atomic mass is 10.0. The molecule has 3 aromatic rings. The van der Waals surface area contributed by atoms with Gasteiger partial charge in [-0.05, 0) is 56.1 Å². The highest BCUT2D eigenvalue weighted by molar-refractivity contribution is 5.83. The number of H-pyrrole nitrogens is 1. The van der Waals surface area contributed by atoms with Crippen molar-refractivity contribution in [3.63, 3.8) is 0 Å². The molecule has 4 nitrogen and oxygen atoms in total. The highest BCUT2D eigenvalue weighted by Gasteiger charge is 2.15. The molecule has 0 radical (unpaired) electrons. The van der Waals surface area contributed by atoms with E-state index in [9.17, 15) is 4.79 Å². The third-order valence-electron chi connectivity index (χ3n) is 5.41. The highest BCUT2D eigenvalue weighted by atomic mass is 16.1. The van der Waals surface area contributed by atoms with Crippen molar-refractivity contribution in [2.75, 3.05) is 20.6 Å². The van der Waals surface area contributed by atoms with Gasteiger partial charge >= 0.3 is 0 Å². The largest absolute Gasteiger partial charge is 0.361 e. The molecule has 0 saturated carbocycles. The zero-order chi connectivity index (χ0) is 19.9. The van der Waals surface area contributed by atoms with Crippen LogP contribution >= 0.6 is 0 Å². The molecule has 1 atom stereocenters. The average molecular weight is 378 g/mol. The molecule has 0 saturated heterocycles. The Labute approximate surface area is 167 Å². The molecule has 1 unspecified atom stereocenters. The van der Waals surface area contributed by atoms with Gasteiger partial charge in [0.15, 0.2) is 0 Å². The van der Waals surface area contributed by atoms with Crippen molar-refractivity contribution in [3.05, 3.63) is 71.4 Å². The zero-order valence-corrected chi connectivity index (χ0v) is 17.2. The lowest BCUT2D eigenvalue weighted by Gasteiger charge is -2.25. The number of rotatable bonds is 9. The van der Waals surface area contributed by atoms with Gasteiger partial charge < -0.3 is 15.2 Å². The van der Waals surface area contributed by atoms with Gasteiger partial charge in [0.1, 0.15) is 0 Å². The van der Waals surface area contributed by atoms with E-state index in [-0.39, 0.29) is 11.9 Å². The second-order valence-corrected chi connectivity index (χ2v) is 7.59. The van der Waals surface area contributed by atoms with Gasteiger partial charge in [-0.2, -0.15) is 0 Å². The van der Waals surface area contributed by atoms with E-state index in [1.165, 1.54) is 22.1 Å². The molecule has 2 N–H and O–H groups in total. The quantitative estimate of drug-likeness (QED) is 0.578. The third-order valence-corrected chi connectivity index (χ3v) is 5.41. The molecule has 2 aromatic carbocycles. The molecule has 1 heterocycles. The molecular weight excluding hydrogens is 346 g/mol. The van der Waals surface area contributed by atoms with Gasteiger partial charge in [0.2, 0.25) is 5.91 Å². The monoisotopic (exact) mass is 377 g/mol. The minimum Gasteiger partial charge on any atom is -0.361 e. The molecule has 0 spiro atoms. The van der Waals surface area contributed by atoms with Crippen molar-refractivity contribution >= 4 is 16.8 Å². The fraction of sp³-hybridized carbons (Fsp3) is 0.375. The van der Waals surface area contributed by atoms with Crippen molar-refractivity contribution in [1.82, 2.24) is 15.2 Å². The summed E-state index contributed by atoms with van der Waals surface area (Å²) >= 11 is 0. The van der Waals surface area contributed by atoms with Crippen molar-refractivity contribution in [2.45, 2.75) is 38.6 Å². The molecule has 0 aliphatic carbocycles. The van der Waals surface area contributed by atoms with Crippen LogP contribution in [0, 0.1) is 0 Å². The summed E-state index contributed by atoms with van der Waals surface area (Å²) < 4.78 is 0. The molecule has 0 aliphatic heterocycles. The number of aromatic amines is 1. The maximum atomic E-state index is 12.4. The lowest BCUT2D eigenvalue weighted by molar-refractivity contribution is -0.121. The summed E-state index contributed by atoms with van der Waals surface area (Å²) in [6, 6.07) is 17.2. The Morgan fingerprint density at radius 2 is 1.86 bits per heavy atom. The van der Waals surface area contributed by atoms with Gasteiger partial charge in [-0.3, -0.25) is 4.79 Å². The minimum atomic E-state index is 0.122. The van der Waals surface area contributed by atoms with Crippen molar-refractivity contribution in [2.24, 2.45) is 0 Å². The summed E-state index contributed by atoms with van der Waals surface area (Å²) in [6.07, 6.45) is 5.41. The summed E-state index contributed by atoms with van der Waals surface area (Å²) in [6.45, 7) is 2.79. The Hall–Kier alpha value is -2.59. The number of fused-ring (bicyclic) bond motifs is 1. The lowest BCUT2D eigenvalue weighted by Crippen LogP contribution is -2.34. The molecule has 28 heavy (non-hydrogen) atoms. The number of amides is 1. The van der Waals surface area contributed by atoms with E-state index >= 15 is 0 Å². The molecule has 4 heteroatoms. The number of para-hydroxylation sites is 1. The van der Waals surface area contributed by atoms with Crippen molar-refractivity contribution in [3.8, 4) is 0 Å². The topological polar surface area (TPSA) is 48.1 Å². The number of hydrogen-bond acceptors (Lipinski definition) is 2. The number of hydrogen-bond donors (Lipinski definition) is 2. The average Bonchev–Trinajstić information content (AvgIpc) is 3.11. The van der Waals surface area contributed by atoms with E-state index < -0.39 is 0 Å². The summed E-state index contributed by atoms with van der Waals surface area (Å²) in [5.74, 6) is 0.122. The third kappa shape index (κ3) is 5.02. The van der Waals surface area contributed by atoms with Crippen LogP contribution in [0.1, 0.15) is 42.5 Å². The Balaban J connectivity index is 1.49. The highest BCUT2D eigenvalue weighted by Crippen LogP contribution is 2.20. The maximum Gasteiger partial charge on any atom is 0.220 e. The first-order chi connectivity index (χ1) is 13.6. The predicted molar refractivity (Wildman–Crippen MR) is 116 cm³/mol. The maximum absolute atomic E-state index is 12.4. The van der Waals surface area contributed by atoms with Gasteiger partial charge in [-0.1, -0.05) is 49.4 Å². The fourth-order valence-corrected chi connectivity index (χ4v) is 3.65. The molecule has 0 fully saturated rings. The first kappa shape index (κ1) is 20.2. The van der Waals surface area contributed by atoms with Crippen molar-refractivity contribution in [1.29, 1.82) is 0 Å². The Morgan fingerprint density at radius 3 is 2.57 bits per heavy atom. The van der Waals surface area contributed by atoms with Crippen molar-refractivity contribution < 1.29 is 4.79 Å². The number of carbonyl (C=O) groups excluding carboxylic acids is 1. The molecular formula is C24H31N3O. The van der Waals surface area contributed by atoms with E-state index in [0.29, 0.717) is 13.0 Å². The van der Waals surface area contributed by atoms with E-state index in [4.69, 9.17) is 0 Å². The zero-order valence-electron chi connectivity index (χ0n) is 17.2. The van der Waals surface area contributed by atoms with Gasteiger partial charge in [0.25, 0.3) is 0 Å². The van der Waals surface area contributed by atoms with Gasteiger partial charge in [0.05, 0.1) is 6.04 Å². The van der Waals surface area contributed by atoms with Crippen LogP contribution in [-0.4, -0.2) is 36.4 Å². The van der Waals surface area contributed by atoms with E-state index in [1.807, 2.05) is 6.07 Å². The number of carbonyl (C=O) groups is 1. The van der Waals surface area contributed by atoms with Gasteiger partial charge in [0, 0.05) is 30.1 Å². The van der Waals surface area contributed by atoms with E-state index in [2.05, 4.69) is 84.9 Å². The van der Waals surface area contributed by atoms with Crippen LogP contribution in [-0.2, 0) is 17.6 Å². The first-order valence-corrected chi connectivity index (χ1v) is 10.2. The summed E-state index contributed by atoms with van der Waals surface area (Å²) in [5, 5.41) is 4.38. The van der Waals surface area contributed by atoms with Crippen LogP contribution < -0.4 is 5.32 Å². The van der Waals surface area contributed by atoms with Crippen LogP contribution in [0.3, 0.4) is 0 Å². The van der Waals surface area contributed by atoms with Crippen LogP contribution in [0.2, 0.25) is 0 Å². The van der Waals surface area contributed by atoms with Crippen LogP contribution in [0.15, 0.2) is 54.7 Å². The summed E-state index contributed by atoms with van der Waals surface area (Å²) in [7, 11) is 4.11. The normalized spacial score (nSPS) is 12.4. The Morgan fingerprint density at radius 1 is 1.11 bits per heavy atom. The molecule has 148 valence electrons. The fourth-order valence-electron chi connectivity index (χ4n) is 3.65. The van der Waals surface area contributed by atoms with Gasteiger partial charge in [-0.15, -0.1) is 0 Å². The Kier molecular flexibility index (Phi) is 6.88. The smallest absolute Gasteiger partial charge is 0.220 e.